The highest BCUT2D eigenvalue weighted by atomic mass is 16.3. The zero-order valence-corrected chi connectivity index (χ0v) is 15.6. The lowest BCUT2D eigenvalue weighted by atomic mass is 9.94. The first-order valence-corrected chi connectivity index (χ1v) is 10.2. The van der Waals surface area contributed by atoms with E-state index in [0.29, 0.717) is 5.70 Å². The third-order valence-electron chi connectivity index (χ3n) is 6.08. The number of hydrogen-bond acceptors (Lipinski definition) is 4. The van der Waals surface area contributed by atoms with Crippen LogP contribution in [-0.2, 0) is 0 Å². The van der Waals surface area contributed by atoms with Crippen molar-refractivity contribution in [1.29, 1.82) is 0 Å². The van der Waals surface area contributed by atoms with Crippen LogP contribution in [0, 0.1) is 0 Å². The Kier molecular flexibility index (Phi) is 5.14. The largest absolute Gasteiger partial charge is 0.494 e. The van der Waals surface area contributed by atoms with Crippen LogP contribution in [0.3, 0.4) is 0 Å². The monoisotopic (exact) mass is 369 g/mol. The molecule has 3 aliphatic rings. The molecule has 27 heavy (non-hydrogen) atoms. The number of aliphatic imine (C=N–C) groups is 1. The van der Waals surface area contributed by atoms with E-state index in [2.05, 4.69) is 4.99 Å². The van der Waals surface area contributed by atoms with Crippen LogP contribution < -0.4 is 11.2 Å². The molecule has 2 saturated carbocycles. The number of nitrogens with zero attached hydrogens (tertiary/aromatic N) is 3. The molecule has 0 spiro atoms. The molecule has 0 bridgehead atoms. The van der Waals surface area contributed by atoms with E-state index < -0.39 is 0 Å². The van der Waals surface area contributed by atoms with Gasteiger partial charge in [0.15, 0.2) is 0 Å². The van der Waals surface area contributed by atoms with Crippen molar-refractivity contribution in [2.24, 2.45) is 4.99 Å². The third kappa shape index (κ3) is 3.45. The summed E-state index contributed by atoms with van der Waals surface area (Å²) in [7, 11) is 0. The fraction of sp³-hybridized carbons (Fsp3) is 0.571. The van der Waals surface area contributed by atoms with Crippen LogP contribution in [0.2, 0.25) is 0 Å². The molecular formula is C21H27N3O3. The van der Waals surface area contributed by atoms with E-state index in [0.717, 1.165) is 64.2 Å². The van der Waals surface area contributed by atoms with E-state index in [1.165, 1.54) is 9.13 Å². The number of hydrogen-bond donors (Lipinski definition) is 1. The van der Waals surface area contributed by atoms with Crippen LogP contribution in [0.25, 0.3) is 6.08 Å². The van der Waals surface area contributed by atoms with Crippen LogP contribution in [0.1, 0.15) is 81.9 Å². The van der Waals surface area contributed by atoms with Crippen LogP contribution in [-0.4, -0.2) is 20.5 Å². The Morgan fingerprint density at radius 3 is 2.07 bits per heavy atom. The number of allylic oxidation sites excluding steroid dienone is 2. The quantitative estimate of drug-likeness (QED) is 0.882. The van der Waals surface area contributed by atoms with Crippen molar-refractivity contribution in [2.75, 3.05) is 0 Å². The fourth-order valence-corrected chi connectivity index (χ4v) is 4.65. The van der Waals surface area contributed by atoms with Gasteiger partial charge in [0.2, 0.25) is 5.88 Å². The Morgan fingerprint density at radius 2 is 1.52 bits per heavy atom. The van der Waals surface area contributed by atoms with E-state index >= 15 is 0 Å². The predicted octanol–water partition coefficient (Wildman–Crippen LogP) is 3.71. The summed E-state index contributed by atoms with van der Waals surface area (Å²) in [5, 5.41) is 10.9. The highest BCUT2D eigenvalue weighted by molar-refractivity contribution is 5.79. The van der Waals surface area contributed by atoms with Crippen molar-refractivity contribution in [2.45, 2.75) is 76.3 Å². The van der Waals surface area contributed by atoms with Gasteiger partial charge in [-0.3, -0.25) is 18.9 Å². The Morgan fingerprint density at radius 1 is 0.926 bits per heavy atom. The van der Waals surface area contributed by atoms with Crippen molar-refractivity contribution >= 4 is 12.3 Å². The molecule has 0 radical (unpaired) electrons. The molecule has 6 heteroatoms. The van der Waals surface area contributed by atoms with Crippen LogP contribution in [0.5, 0.6) is 5.88 Å². The minimum Gasteiger partial charge on any atom is -0.494 e. The molecule has 0 saturated heterocycles. The molecule has 2 heterocycles. The van der Waals surface area contributed by atoms with Crippen LogP contribution >= 0.6 is 0 Å². The summed E-state index contributed by atoms with van der Waals surface area (Å²) in [4.78, 5) is 30.7. The Labute approximate surface area is 158 Å². The van der Waals surface area contributed by atoms with Gasteiger partial charge in [-0.2, -0.15) is 0 Å². The van der Waals surface area contributed by atoms with Gasteiger partial charge in [-0.25, -0.2) is 4.79 Å². The molecule has 2 fully saturated rings. The summed E-state index contributed by atoms with van der Waals surface area (Å²) in [6, 6.07) is -0.115. The average molecular weight is 369 g/mol. The minimum atomic E-state index is -0.389. The number of aromatic hydroxyl groups is 1. The molecule has 1 aromatic rings. The molecule has 0 amide bonds. The van der Waals surface area contributed by atoms with E-state index in [-0.39, 0.29) is 34.8 Å². The topological polar surface area (TPSA) is 76.6 Å². The number of aromatic nitrogens is 2. The van der Waals surface area contributed by atoms with E-state index in [4.69, 9.17) is 0 Å². The van der Waals surface area contributed by atoms with Crippen molar-refractivity contribution in [3.63, 3.8) is 0 Å². The van der Waals surface area contributed by atoms with Gasteiger partial charge in [-0.15, -0.1) is 0 Å². The highest BCUT2D eigenvalue weighted by Crippen LogP contribution is 2.32. The van der Waals surface area contributed by atoms with E-state index in [1.807, 2.05) is 0 Å². The summed E-state index contributed by atoms with van der Waals surface area (Å²) in [5.74, 6) is -0.202. The summed E-state index contributed by atoms with van der Waals surface area (Å²) in [6.07, 6.45) is 16.7. The second kappa shape index (κ2) is 7.71. The second-order valence-corrected chi connectivity index (χ2v) is 7.86. The zero-order valence-electron chi connectivity index (χ0n) is 15.6. The molecule has 1 N–H and O–H groups in total. The third-order valence-corrected chi connectivity index (χ3v) is 6.08. The Bertz CT molecular complexity index is 894. The molecule has 6 nitrogen and oxygen atoms in total. The maximum Gasteiger partial charge on any atom is 0.334 e. The summed E-state index contributed by atoms with van der Waals surface area (Å²) >= 11 is 0. The van der Waals surface area contributed by atoms with Crippen molar-refractivity contribution in [3.8, 4) is 5.88 Å². The van der Waals surface area contributed by atoms with E-state index in [1.54, 1.807) is 24.4 Å². The van der Waals surface area contributed by atoms with Crippen LogP contribution in [0.4, 0.5) is 0 Å². The first-order valence-electron chi connectivity index (χ1n) is 10.2. The Balaban J connectivity index is 1.90. The zero-order chi connectivity index (χ0) is 18.8. The maximum atomic E-state index is 13.3. The predicted molar refractivity (Wildman–Crippen MR) is 106 cm³/mol. The molecule has 4 rings (SSSR count). The maximum absolute atomic E-state index is 13.3. The van der Waals surface area contributed by atoms with Gasteiger partial charge in [0.1, 0.15) is 5.56 Å². The standard InChI is InChI=1S/C21H27N3O3/c25-19-18(14-15-8-7-13-22-15)20(26)24(17-11-5-2-6-12-17)21(27)23(19)16-9-3-1-4-10-16/h7-8,13-14,16-17,25H,1-6,9-12H2/b15-14-. The molecule has 144 valence electrons. The SMILES string of the molecule is O=c1c(/C=C2/C=CC=N2)c(O)n(C2CCCCC2)c(=O)n1C1CCCCC1. The minimum absolute atomic E-state index is 0.0403. The number of rotatable bonds is 3. The van der Waals surface area contributed by atoms with E-state index in [9.17, 15) is 14.7 Å². The van der Waals surface area contributed by atoms with Crippen molar-refractivity contribution in [3.05, 3.63) is 44.3 Å². The normalized spacial score (nSPS) is 22.7. The molecule has 0 atom stereocenters. The molecular weight excluding hydrogens is 342 g/mol. The van der Waals surface area contributed by atoms with Gasteiger partial charge >= 0.3 is 5.69 Å². The lowest BCUT2D eigenvalue weighted by molar-refractivity contribution is 0.271. The molecule has 1 aromatic heterocycles. The molecule has 1 aliphatic heterocycles. The van der Waals surface area contributed by atoms with Gasteiger partial charge in [0, 0.05) is 18.3 Å². The fourth-order valence-electron chi connectivity index (χ4n) is 4.65. The first kappa shape index (κ1) is 18.0. The summed E-state index contributed by atoms with van der Waals surface area (Å²) < 4.78 is 2.91. The van der Waals surface area contributed by atoms with Gasteiger partial charge in [-0.1, -0.05) is 38.5 Å². The van der Waals surface area contributed by atoms with Gasteiger partial charge < -0.3 is 5.11 Å². The molecule has 0 aromatic carbocycles. The Hall–Kier alpha value is -2.37. The van der Waals surface area contributed by atoms with Crippen LogP contribution in [0.15, 0.2) is 32.4 Å². The lowest BCUT2D eigenvalue weighted by Crippen LogP contribution is -2.45. The highest BCUT2D eigenvalue weighted by Gasteiger charge is 2.28. The van der Waals surface area contributed by atoms with Gasteiger partial charge in [0.25, 0.3) is 5.56 Å². The summed E-state index contributed by atoms with van der Waals surface area (Å²) in [5.41, 5.74) is 0.0688. The van der Waals surface area contributed by atoms with Gasteiger partial charge in [0.05, 0.1) is 5.70 Å². The molecule has 2 aliphatic carbocycles. The second-order valence-electron chi connectivity index (χ2n) is 7.86. The van der Waals surface area contributed by atoms with Crippen molar-refractivity contribution in [1.82, 2.24) is 9.13 Å². The van der Waals surface area contributed by atoms with Crippen molar-refractivity contribution < 1.29 is 5.11 Å². The van der Waals surface area contributed by atoms with Gasteiger partial charge in [-0.05, 0) is 43.9 Å². The smallest absolute Gasteiger partial charge is 0.334 e. The average Bonchev–Trinajstić information content (AvgIpc) is 3.20. The lowest BCUT2D eigenvalue weighted by Gasteiger charge is -2.29. The molecule has 0 unspecified atom stereocenters. The first-order chi connectivity index (χ1) is 13.2. The summed E-state index contributed by atoms with van der Waals surface area (Å²) in [6.45, 7) is 0.